The largest absolute Gasteiger partial charge is 0.359 e. The van der Waals surface area contributed by atoms with Crippen molar-refractivity contribution in [2.45, 2.75) is 61.8 Å². The molecule has 0 aromatic carbocycles. The Morgan fingerprint density at radius 2 is 1.50 bits per heavy atom. The topological polar surface area (TPSA) is 46.2 Å². The Kier molecular flexibility index (Phi) is 15.6. The fourth-order valence-corrected chi connectivity index (χ4v) is 0.443. The third-order valence-corrected chi connectivity index (χ3v) is 2.75. The molecule has 0 rings (SSSR count). The van der Waals surface area contributed by atoms with Gasteiger partial charge in [-0.1, -0.05) is 55.4 Å². The van der Waals surface area contributed by atoms with Gasteiger partial charge in [0.05, 0.1) is 0 Å². The molecule has 110 valence electrons. The summed E-state index contributed by atoms with van der Waals surface area (Å²) in [5.41, 5.74) is 0.500. The molecule has 0 aromatic rings. The van der Waals surface area contributed by atoms with Crippen molar-refractivity contribution < 1.29 is 9.59 Å². The van der Waals surface area contributed by atoms with Gasteiger partial charge in [0.15, 0.2) is 0 Å². The molecule has 1 N–H and O–H groups in total. The van der Waals surface area contributed by atoms with E-state index < -0.39 is 0 Å². The van der Waals surface area contributed by atoms with Crippen LogP contribution in [-0.4, -0.2) is 19.2 Å². The highest BCUT2D eigenvalue weighted by atomic mass is 16.1. The zero-order valence-electron chi connectivity index (χ0n) is 13.8. The lowest BCUT2D eigenvalue weighted by molar-refractivity contribution is -0.123. The quantitative estimate of drug-likeness (QED) is 0.786. The molecule has 0 aliphatic rings. The fourth-order valence-electron chi connectivity index (χ4n) is 0.443. The van der Waals surface area contributed by atoms with Gasteiger partial charge in [0.1, 0.15) is 6.29 Å². The molecule has 1 unspecified atom stereocenters. The first-order chi connectivity index (χ1) is 8.15. The normalized spacial score (nSPS) is 11.4. The Bertz CT molecular complexity index is 205. The van der Waals surface area contributed by atoms with Gasteiger partial charge in [-0.25, -0.2) is 0 Å². The van der Waals surface area contributed by atoms with Crippen LogP contribution in [0.15, 0.2) is 0 Å². The van der Waals surface area contributed by atoms with E-state index in [1.807, 2.05) is 13.8 Å². The summed E-state index contributed by atoms with van der Waals surface area (Å²) in [6, 6.07) is 0. The molecule has 0 saturated heterocycles. The molecular weight excluding hydrogens is 226 g/mol. The molecule has 0 aliphatic heterocycles. The van der Waals surface area contributed by atoms with Crippen LogP contribution < -0.4 is 5.32 Å². The van der Waals surface area contributed by atoms with Gasteiger partial charge in [-0.2, -0.15) is 0 Å². The van der Waals surface area contributed by atoms with Crippen molar-refractivity contribution in [1.29, 1.82) is 0 Å². The molecule has 0 saturated carbocycles. The first kappa shape index (κ1) is 22.3. The minimum Gasteiger partial charge on any atom is -0.359 e. The molecule has 0 aromatic heterocycles. The number of hydrogen-bond acceptors (Lipinski definition) is 2. The van der Waals surface area contributed by atoms with Crippen LogP contribution >= 0.6 is 0 Å². The van der Waals surface area contributed by atoms with Crippen LogP contribution in [0.25, 0.3) is 0 Å². The highest BCUT2D eigenvalue weighted by molar-refractivity contribution is 5.78. The van der Waals surface area contributed by atoms with Gasteiger partial charge in [0.2, 0.25) is 5.91 Å². The molecule has 0 fully saturated rings. The number of aldehydes is 1. The summed E-state index contributed by atoms with van der Waals surface area (Å²) < 4.78 is 0. The third-order valence-electron chi connectivity index (χ3n) is 2.75. The van der Waals surface area contributed by atoms with Crippen LogP contribution in [0.2, 0.25) is 0 Å². The van der Waals surface area contributed by atoms with E-state index in [2.05, 4.69) is 39.9 Å². The van der Waals surface area contributed by atoms with Crippen molar-refractivity contribution in [2.75, 3.05) is 7.05 Å². The highest BCUT2D eigenvalue weighted by Crippen LogP contribution is 2.23. The molecule has 1 atom stereocenters. The van der Waals surface area contributed by atoms with Crippen LogP contribution in [0.5, 0.6) is 0 Å². The molecular formula is C15H33NO2. The average Bonchev–Trinajstić information content (AvgIpc) is 2.30. The lowest BCUT2D eigenvalue weighted by atomic mass is 9.84. The summed E-state index contributed by atoms with van der Waals surface area (Å²) in [6.07, 6.45) is 1.06. The highest BCUT2D eigenvalue weighted by Gasteiger charge is 2.13. The first-order valence-electron chi connectivity index (χ1n) is 6.81. The van der Waals surface area contributed by atoms with Gasteiger partial charge >= 0.3 is 0 Å². The smallest absolute Gasteiger partial charge is 0.220 e. The molecule has 3 nitrogen and oxygen atoms in total. The third kappa shape index (κ3) is 17.5. The summed E-state index contributed by atoms with van der Waals surface area (Å²) >= 11 is 0. The van der Waals surface area contributed by atoms with Gasteiger partial charge < -0.3 is 10.1 Å². The van der Waals surface area contributed by atoms with Crippen LogP contribution in [-0.2, 0) is 9.59 Å². The van der Waals surface area contributed by atoms with E-state index in [0.29, 0.717) is 11.8 Å². The lowest BCUT2D eigenvalue weighted by Gasteiger charge is -2.22. The zero-order chi connectivity index (χ0) is 15.4. The van der Waals surface area contributed by atoms with Gasteiger partial charge in [0.25, 0.3) is 0 Å². The van der Waals surface area contributed by atoms with E-state index in [1.165, 1.54) is 0 Å². The van der Waals surface area contributed by atoms with Crippen LogP contribution in [0, 0.1) is 17.3 Å². The molecule has 0 radical (unpaired) electrons. The Balaban J connectivity index is -0.000000225. The summed E-state index contributed by atoms with van der Waals surface area (Å²) in [5, 5.41) is 2.43. The second-order valence-corrected chi connectivity index (χ2v) is 5.51. The van der Waals surface area contributed by atoms with Crippen LogP contribution in [0.4, 0.5) is 0 Å². The molecule has 0 bridgehead atoms. The fraction of sp³-hybridized carbons (Fsp3) is 0.867. The molecule has 0 aliphatic carbocycles. The Morgan fingerprint density at radius 1 is 1.17 bits per heavy atom. The van der Waals surface area contributed by atoms with E-state index in [1.54, 1.807) is 14.0 Å². The Hall–Kier alpha value is -0.860. The van der Waals surface area contributed by atoms with Gasteiger partial charge in [-0.15, -0.1) is 0 Å². The lowest BCUT2D eigenvalue weighted by Crippen LogP contribution is -2.20. The minimum atomic E-state index is -0.162. The summed E-state index contributed by atoms with van der Waals surface area (Å²) in [4.78, 5) is 20.5. The summed E-state index contributed by atoms with van der Waals surface area (Å²) in [7, 11) is 1.56. The van der Waals surface area contributed by atoms with Gasteiger partial charge in [-0.05, 0) is 11.3 Å². The second-order valence-electron chi connectivity index (χ2n) is 5.51. The summed E-state index contributed by atoms with van der Waals surface area (Å²) in [5.74, 6) is 0.548. The molecule has 3 heteroatoms. The molecule has 0 heterocycles. The first-order valence-corrected chi connectivity index (χ1v) is 6.81. The van der Waals surface area contributed by atoms with Gasteiger partial charge in [0, 0.05) is 19.4 Å². The SMILES string of the molecule is CC.CC(C)C(C)(C)C.CNC(=O)CC(C)C=O. The number of nitrogens with one attached hydrogen (secondary N) is 1. The van der Waals surface area contributed by atoms with E-state index in [-0.39, 0.29) is 11.8 Å². The number of rotatable bonds is 3. The maximum absolute atomic E-state index is 10.5. The maximum atomic E-state index is 10.5. The summed E-state index contributed by atoms with van der Waals surface area (Å²) in [6.45, 7) is 17.0. The molecule has 18 heavy (non-hydrogen) atoms. The number of carbonyl (C=O) groups excluding carboxylic acids is 2. The van der Waals surface area contributed by atoms with E-state index in [9.17, 15) is 9.59 Å². The second kappa shape index (κ2) is 12.6. The number of amides is 1. The van der Waals surface area contributed by atoms with Crippen molar-refractivity contribution >= 4 is 12.2 Å². The van der Waals surface area contributed by atoms with Crippen molar-refractivity contribution in [1.82, 2.24) is 5.32 Å². The van der Waals surface area contributed by atoms with Crippen molar-refractivity contribution in [3.63, 3.8) is 0 Å². The van der Waals surface area contributed by atoms with Crippen LogP contribution in [0.3, 0.4) is 0 Å². The maximum Gasteiger partial charge on any atom is 0.220 e. The van der Waals surface area contributed by atoms with Crippen molar-refractivity contribution in [2.24, 2.45) is 17.3 Å². The molecule has 1 amide bonds. The molecule has 0 spiro atoms. The average molecular weight is 259 g/mol. The van der Waals surface area contributed by atoms with Crippen LogP contribution in [0.1, 0.15) is 61.8 Å². The zero-order valence-corrected chi connectivity index (χ0v) is 13.8. The number of hydrogen-bond donors (Lipinski definition) is 1. The predicted molar refractivity (Wildman–Crippen MR) is 79.6 cm³/mol. The van der Waals surface area contributed by atoms with E-state index >= 15 is 0 Å². The Morgan fingerprint density at radius 3 is 1.67 bits per heavy atom. The monoisotopic (exact) mass is 259 g/mol. The minimum absolute atomic E-state index is 0.0883. The number of carbonyl (C=O) groups is 2. The van der Waals surface area contributed by atoms with Crippen molar-refractivity contribution in [3.05, 3.63) is 0 Å². The van der Waals surface area contributed by atoms with Gasteiger partial charge in [-0.3, -0.25) is 4.79 Å². The predicted octanol–water partition coefficient (Wildman–Crippen LogP) is 3.67. The standard InChI is InChI=1S/C7H16.C6H11NO2.C2H6/c1-6(2)7(3,4)5;1-5(4-8)3-6(9)7-2;1-2/h6H,1-5H3;4-5H,3H2,1-2H3,(H,7,9);1-2H3. The Labute approximate surface area is 114 Å². The van der Waals surface area contributed by atoms with E-state index in [4.69, 9.17) is 0 Å². The van der Waals surface area contributed by atoms with Crippen molar-refractivity contribution in [3.8, 4) is 0 Å². The van der Waals surface area contributed by atoms with E-state index in [0.717, 1.165) is 12.2 Å².